The molecule has 0 spiro atoms. The van der Waals surface area contributed by atoms with Crippen LogP contribution >= 0.6 is 23.2 Å². The van der Waals surface area contributed by atoms with E-state index < -0.39 is 16.3 Å². The van der Waals surface area contributed by atoms with Crippen LogP contribution in [0.1, 0.15) is 43.4 Å². The van der Waals surface area contributed by atoms with Crippen LogP contribution in [0.4, 0.5) is 8.78 Å². The smallest absolute Gasteiger partial charge is 0.269 e. The third kappa shape index (κ3) is 4.14. The lowest BCUT2D eigenvalue weighted by Crippen LogP contribution is -2.39. The number of hydrogen-bond donors (Lipinski definition) is 0. The first-order valence-electron chi connectivity index (χ1n) is 9.76. The van der Waals surface area contributed by atoms with E-state index in [0.717, 1.165) is 41.7 Å². The zero-order chi connectivity index (χ0) is 21.5. The summed E-state index contributed by atoms with van der Waals surface area (Å²) in [5.41, 5.74) is 3.42. The monoisotopic (exact) mass is 448 g/mol. The zero-order valence-electron chi connectivity index (χ0n) is 16.3. The van der Waals surface area contributed by atoms with Crippen molar-refractivity contribution in [2.45, 2.75) is 36.6 Å². The number of carbonyl (C=O) groups excluding carboxylic acids is 1. The molecule has 3 nitrogen and oxygen atoms in total. The second-order valence-corrected chi connectivity index (χ2v) is 9.44. The second kappa shape index (κ2) is 8.12. The molecule has 2 aromatic rings. The topological polar surface area (TPSA) is 32.7 Å². The number of rotatable bonds is 3. The molecular formula is C23H20Cl2F2N2O. The molecule has 0 bridgehead atoms. The molecule has 30 heavy (non-hydrogen) atoms. The molecule has 0 N–H and O–H groups in total. The molecule has 1 saturated carbocycles. The van der Waals surface area contributed by atoms with Gasteiger partial charge < -0.3 is 0 Å². The van der Waals surface area contributed by atoms with E-state index in [1.165, 1.54) is 36.2 Å². The number of halogens is 4. The Balaban J connectivity index is 1.76. The van der Waals surface area contributed by atoms with Crippen molar-refractivity contribution in [1.29, 1.82) is 0 Å². The van der Waals surface area contributed by atoms with Gasteiger partial charge in [0.2, 0.25) is 0 Å². The second-order valence-electron chi connectivity index (χ2n) is 7.74. The molecule has 1 heterocycles. The van der Waals surface area contributed by atoms with Crippen molar-refractivity contribution in [3.8, 4) is 0 Å². The minimum atomic E-state index is -1.64. The van der Waals surface area contributed by atoms with Gasteiger partial charge in [0, 0.05) is 5.92 Å². The van der Waals surface area contributed by atoms with Gasteiger partial charge in [-0.25, -0.2) is 13.8 Å². The number of hydrazone groups is 1. The van der Waals surface area contributed by atoms with Crippen molar-refractivity contribution in [1.82, 2.24) is 5.01 Å². The zero-order valence-corrected chi connectivity index (χ0v) is 17.8. The summed E-state index contributed by atoms with van der Waals surface area (Å²) in [5, 5.41) is 5.99. The molecule has 1 aliphatic carbocycles. The van der Waals surface area contributed by atoms with Gasteiger partial charge >= 0.3 is 0 Å². The number of fused-ring (bicyclic) bond motifs is 1. The number of alkyl halides is 2. The highest BCUT2D eigenvalue weighted by atomic mass is 35.5. The third-order valence-electron chi connectivity index (χ3n) is 5.51. The quantitative estimate of drug-likeness (QED) is 0.508. The van der Waals surface area contributed by atoms with Crippen LogP contribution in [0, 0.1) is 17.6 Å². The van der Waals surface area contributed by atoms with E-state index in [-0.39, 0.29) is 17.6 Å². The normalized spacial score (nSPS) is 22.8. The summed E-state index contributed by atoms with van der Waals surface area (Å²) in [6.07, 6.45) is 4.51. The molecule has 2 aliphatic rings. The molecule has 0 saturated heterocycles. The van der Waals surface area contributed by atoms with E-state index in [9.17, 15) is 13.6 Å². The molecule has 0 aromatic heterocycles. The van der Waals surface area contributed by atoms with Crippen molar-refractivity contribution in [2.75, 3.05) is 0 Å². The summed E-state index contributed by atoms with van der Waals surface area (Å²) in [6.45, 7) is 1.41. The number of benzene rings is 2. The summed E-state index contributed by atoms with van der Waals surface area (Å²) in [4.78, 5) is 13.0. The number of amides is 1. The van der Waals surface area contributed by atoms with E-state index >= 15 is 0 Å². The molecule has 0 radical (unpaired) electrons. The number of nitrogens with zero attached hydrogens (tertiary/aromatic N) is 2. The number of allylic oxidation sites excluding steroid dienone is 1. The van der Waals surface area contributed by atoms with Gasteiger partial charge in [-0.15, -0.1) is 0 Å². The first-order chi connectivity index (χ1) is 14.2. The Labute approximate surface area is 184 Å². The molecule has 7 heteroatoms. The first-order valence-corrected chi connectivity index (χ1v) is 10.5. The summed E-state index contributed by atoms with van der Waals surface area (Å²) in [7, 11) is 0. The van der Waals surface area contributed by atoms with Crippen molar-refractivity contribution >= 4 is 40.9 Å². The first kappa shape index (κ1) is 21.0. The number of hydrogen-bond acceptors (Lipinski definition) is 2. The maximum Gasteiger partial charge on any atom is 0.279 e. The molecule has 156 valence electrons. The molecule has 1 fully saturated rings. The Hall–Kier alpha value is -2.24. The van der Waals surface area contributed by atoms with Crippen molar-refractivity contribution in [3.05, 3.63) is 76.9 Å². The lowest BCUT2D eigenvalue weighted by molar-refractivity contribution is -0.134. The third-order valence-corrected chi connectivity index (χ3v) is 5.83. The fourth-order valence-electron chi connectivity index (χ4n) is 4.12. The molecule has 1 aliphatic heterocycles. The Morgan fingerprint density at radius 3 is 2.30 bits per heavy atom. The fourth-order valence-corrected chi connectivity index (χ4v) is 4.30. The highest BCUT2D eigenvalue weighted by molar-refractivity contribution is 6.57. The average molecular weight is 449 g/mol. The van der Waals surface area contributed by atoms with Crippen molar-refractivity contribution in [3.63, 3.8) is 0 Å². The van der Waals surface area contributed by atoms with Crippen LogP contribution in [-0.4, -0.2) is 21.0 Å². The summed E-state index contributed by atoms with van der Waals surface area (Å²) in [5.74, 6) is -1.23. The van der Waals surface area contributed by atoms with E-state index in [4.69, 9.17) is 23.2 Å². The maximum atomic E-state index is 13.5. The van der Waals surface area contributed by atoms with Crippen LogP contribution in [0.2, 0.25) is 0 Å². The van der Waals surface area contributed by atoms with E-state index in [1.54, 1.807) is 24.3 Å². The Morgan fingerprint density at radius 2 is 1.70 bits per heavy atom. The number of carbonyl (C=O) groups is 1. The average Bonchev–Trinajstić information content (AvgIpc) is 3.09. The summed E-state index contributed by atoms with van der Waals surface area (Å²) in [6, 6.07) is 11.9. The van der Waals surface area contributed by atoms with E-state index in [1.807, 2.05) is 6.08 Å². The van der Waals surface area contributed by atoms with Gasteiger partial charge in [0.25, 0.3) is 5.91 Å². The molecule has 2 aromatic carbocycles. The lowest BCUT2D eigenvalue weighted by Gasteiger charge is -2.31. The van der Waals surface area contributed by atoms with E-state index in [2.05, 4.69) is 5.10 Å². The fraction of sp³-hybridized carbons (Fsp3) is 0.304. The van der Waals surface area contributed by atoms with Gasteiger partial charge in [0.05, 0.1) is 11.8 Å². The Bertz CT molecular complexity index is 1010. The largest absolute Gasteiger partial charge is 0.279 e. The van der Waals surface area contributed by atoms with Crippen molar-refractivity contribution in [2.24, 2.45) is 11.0 Å². The summed E-state index contributed by atoms with van der Waals surface area (Å²) < 4.78 is 25.1. The predicted octanol–water partition coefficient (Wildman–Crippen LogP) is 6.28. The van der Waals surface area contributed by atoms with Gasteiger partial charge in [-0.2, -0.15) is 5.10 Å². The molecular weight excluding hydrogens is 429 g/mol. The van der Waals surface area contributed by atoms with Crippen LogP contribution in [0.15, 0.2) is 59.2 Å². The minimum absolute atomic E-state index is 0.0597. The van der Waals surface area contributed by atoms with Gasteiger partial charge in [-0.3, -0.25) is 4.79 Å². The highest BCUT2D eigenvalue weighted by Gasteiger charge is 2.47. The van der Waals surface area contributed by atoms with Crippen LogP contribution in [0.3, 0.4) is 0 Å². The van der Waals surface area contributed by atoms with Crippen LogP contribution in [-0.2, 0) is 4.79 Å². The Morgan fingerprint density at radius 1 is 1.10 bits per heavy atom. The van der Waals surface area contributed by atoms with Crippen LogP contribution < -0.4 is 0 Å². The molecule has 2 unspecified atom stereocenters. The van der Waals surface area contributed by atoms with Gasteiger partial charge in [-0.1, -0.05) is 47.5 Å². The van der Waals surface area contributed by atoms with E-state index in [0.29, 0.717) is 0 Å². The van der Waals surface area contributed by atoms with Gasteiger partial charge in [-0.05, 0) is 73.2 Å². The van der Waals surface area contributed by atoms with Gasteiger partial charge in [0.1, 0.15) is 11.6 Å². The molecule has 1 amide bonds. The maximum absolute atomic E-state index is 13.5. The molecule has 4 rings (SSSR count). The predicted molar refractivity (Wildman–Crippen MR) is 115 cm³/mol. The molecule has 2 atom stereocenters. The lowest BCUT2D eigenvalue weighted by atomic mass is 9.77. The van der Waals surface area contributed by atoms with Crippen molar-refractivity contribution < 1.29 is 13.6 Å². The van der Waals surface area contributed by atoms with Gasteiger partial charge in [0.15, 0.2) is 4.33 Å². The standard InChI is InChI=1S/C23H20Cl2F2N2O/c1-23(24,25)22(30)29-21(15-7-11-18(27)12-8-15)19-4-2-3-16(20(19)28-29)13-14-5-9-17(26)10-6-14/h5-13,19,21H,2-4H2,1H3/b16-13+. The Kier molecular flexibility index (Phi) is 5.69. The van der Waals surface area contributed by atoms with Crippen LogP contribution in [0.25, 0.3) is 6.08 Å². The summed E-state index contributed by atoms with van der Waals surface area (Å²) >= 11 is 12.2. The minimum Gasteiger partial charge on any atom is -0.269 e. The highest BCUT2D eigenvalue weighted by Crippen LogP contribution is 2.45. The SMILES string of the molecule is CC(Cl)(Cl)C(=O)N1N=C2/C(=C/c3ccc(F)cc3)CCCC2C1c1ccc(F)cc1. The van der Waals surface area contributed by atoms with Crippen LogP contribution in [0.5, 0.6) is 0 Å².